The van der Waals surface area contributed by atoms with Crippen LogP contribution in [0.2, 0.25) is 0 Å². The van der Waals surface area contributed by atoms with Crippen molar-refractivity contribution in [2.45, 2.75) is 27.7 Å². The van der Waals surface area contributed by atoms with E-state index in [0.717, 1.165) is 16.7 Å². The Kier molecular flexibility index (Phi) is 6.98. The van der Waals surface area contributed by atoms with Gasteiger partial charge in [-0.25, -0.2) is 0 Å². The van der Waals surface area contributed by atoms with E-state index in [-0.39, 0.29) is 5.78 Å². The molecule has 1 aliphatic rings. The molecule has 0 N–H and O–H groups in total. The second kappa shape index (κ2) is 9.84. The van der Waals surface area contributed by atoms with Gasteiger partial charge in [-0.05, 0) is 58.9 Å². The van der Waals surface area contributed by atoms with E-state index in [1.54, 1.807) is 6.08 Å². The molecule has 0 aromatic heterocycles. The maximum Gasteiger partial charge on any atom is 0.186 e. The largest absolute Gasteiger partial charge is 0.289 e. The summed E-state index contributed by atoms with van der Waals surface area (Å²) < 4.78 is 0. The zero-order valence-electron chi connectivity index (χ0n) is 18.1. The van der Waals surface area contributed by atoms with E-state index in [1.807, 2.05) is 44.2 Å². The summed E-state index contributed by atoms with van der Waals surface area (Å²) in [5, 5.41) is 0. The fourth-order valence-corrected chi connectivity index (χ4v) is 3.69. The lowest BCUT2D eigenvalue weighted by Gasteiger charge is -2.15. The molecular formula is C29H28O. The normalized spacial score (nSPS) is 13.3. The van der Waals surface area contributed by atoms with Gasteiger partial charge in [-0.3, -0.25) is 4.79 Å². The molecule has 4 rings (SSSR count). The Morgan fingerprint density at radius 1 is 0.667 bits per heavy atom. The number of allylic oxidation sites excluding steroid dienone is 5. The van der Waals surface area contributed by atoms with E-state index in [4.69, 9.17) is 0 Å². The van der Waals surface area contributed by atoms with Gasteiger partial charge >= 0.3 is 0 Å². The first-order chi connectivity index (χ1) is 14.6. The lowest BCUT2D eigenvalue weighted by Crippen LogP contribution is -2.04. The average Bonchev–Trinajstić information content (AvgIpc) is 2.79. The fourth-order valence-electron chi connectivity index (χ4n) is 3.69. The molecule has 0 amide bonds. The van der Waals surface area contributed by atoms with Gasteiger partial charge in [0.2, 0.25) is 0 Å². The summed E-state index contributed by atoms with van der Waals surface area (Å²) in [4.78, 5) is 12.2. The van der Waals surface area contributed by atoms with Crippen LogP contribution in [-0.4, -0.2) is 5.78 Å². The third-order valence-electron chi connectivity index (χ3n) is 5.22. The SMILES string of the molecule is CC.Cc1ccccc1C(=C/C=C1\C=CC(=O)c2ccccc21)c1ccccc1C. The van der Waals surface area contributed by atoms with Crippen molar-refractivity contribution in [2.75, 3.05) is 0 Å². The summed E-state index contributed by atoms with van der Waals surface area (Å²) in [6.45, 7) is 8.28. The third-order valence-corrected chi connectivity index (χ3v) is 5.22. The predicted octanol–water partition coefficient (Wildman–Crippen LogP) is 7.60. The quantitative estimate of drug-likeness (QED) is 0.448. The van der Waals surface area contributed by atoms with Crippen LogP contribution in [0.5, 0.6) is 0 Å². The topological polar surface area (TPSA) is 17.1 Å². The lowest BCUT2D eigenvalue weighted by atomic mass is 9.89. The number of hydrogen-bond donors (Lipinski definition) is 0. The van der Waals surface area contributed by atoms with Crippen LogP contribution >= 0.6 is 0 Å². The maximum absolute atomic E-state index is 12.2. The maximum atomic E-state index is 12.2. The van der Waals surface area contributed by atoms with E-state index in [9.17, 15) is 4.79 Å². The van der Waals surface area contributed by atoms with Crippen LogP contribution in [0.25, 0.3) is 11.1 Å². The van der Waals surface area contributed by atoms with Gasteiger partial charge in [0.1, 0.15) is 0 Å². The van der Waals surface area contributed by atoms with Gasteiger partial charge in [-0.15, -0.1) is 0 Å². The zero-order chi connectivity index (χ0) is 21.5. The smallest absolute Gasteiger partial charge is 0.186 e. The number of carbonyl (C=O) groups excluding carboxylic acids is 1. The van der Waals surface area contributed by atoms with Gasteiger partial charge in [-0.2, -0.15) is 0 Å². The number of ketones is 1. The minimum Gasteiger partial charge on any atom is -0.289 e. The highest BCUT2D eigenvalue weighted by atomic mass is 16.1. The summed E-state index contributed by atoms with van der Waals surface area (Å²) in [6.07, 6.45) is 7.87. The van der Waals surface area contributed by atoms with Gasteiger partial charge in [0.25, 0.3) is 0 Å². The molecule has 0 aliphatic heterocycles. The summed E-state index contributed by atoms with van der Waals surface area (Å²) in [5.41, 5.74) is 8.91. The van der Waals surface area contributed by atoms with Crippen LogP contribution < -0.4 is 0 Å². The van der Waals surface area contributed by atoms with Crippen LogP contribution in [0.15, 0.2) is 97.1 Å². The van der Waals surface area contributed by atoms with Crippen LogP contribution in [0, 0.1) is 13.8 Å². The summed E-state index contributed by atoms with van der Waals surface area (Å²) in [7, 11) is 0. The number of rotatable bonds is 3. The molecule has 0 fully saturated rings. The molecule has 0 saturated carbocycles. The van der Waals surface area contributed by atoms with Gasteiger partial charge in [0.05, 0.1) is 0 Å². The van der Waals surface area contributed by atoms with Crippen LogP contribution in [-0.2, 0) is 0 Å². The Morgan fingerprint density at radius 2 is 1.17 bits per heavy atom. The second-order valence-corrected chi connectivity index (χ2v) is 7.08. The van der Waals surface area contributed by atoms with Gasteiger partial charge in [0.15, 0.2) is 5.78 Å². The first-order valence-corrected chi connectivity index (χ1v) is 10.5. The first kappa shape index (κ1) is 21.3. The molecule has 150 valence electrons. The van der Waals surface area contributed by atoms with Crippen LogP contribution in [0.1, 0.15) is 52.0 Å². The van der Waals surface area contributed by atoms with Gasteiger partial charge in [-0.1, -0.05) is 105 Å². The lowest BCUT2D eigenvalue weighted by molar-refractivity contribution is 0.104. The van der Waals surface area contributed by atoms with E-state index >= 15 is 0 Å². The van der Waals surface area contributed by atoms with E-state index < -0.39 is 0 Å². The molecule has 3 aromatic rings. The number of aryl methyl sites for hydroxylation is 2. The molecule has 1 aliphatic carbocycles. The monoisotopic (exact) mass is 392 g/mol. The Morgan fingerprint density at radius 3 is 1.73 bits per heavy atom. The number of carbonyl (C=O) groups is 1. The highest BCUT2D eigenvalue weighted by molar-refractivity contribution is 6.12. The highest BCUT2D eigenvalue weighted by Crippen LogP contribution is 2.31. The second-order valence-electron chi connectivity index (χ2n) is 7.08. The number of benzene rings is 3. The van der Waals surface area contributed by atoms with Gasteiger partial charge < -0.3 is 0 Å². The molecule has 0 spiro atoms. The standard InChI is InChI=1S/C27H22O.C2H6/c1-19-9-3-5-11-22(19)25(23-12-6-4-10-20(23)2)17-15-21-16-18-27(28)26-14-8-7-13-24(21)26;1-2/h3-18H,1-2H3;1-2H3/b21-15+;. The molecule has 0 radical (unpaired) electrons. The Bertz CT molecular complexity index is 1090. The summed E-state index contributed by atoms with van der Waals surface area (Å²) >= 11 is 0. The minimum absolute atomic E-state index is 0.0646. The van der Waals surface area contributed by atoms with Crippen molar-refractivity contribution < 1.29 is 4.79 Å². The number of fused-ring (bicyclic) bond motifs is 1. The molecule has 1 heteroatoms. The molecule has 0 saturated heterocycles. The molecule has 0 atom stereocenters. The summed E-state index contributed by atoms with van der Waals surface area (Å²) in [6, 6.07) is 24.7. The molecular weight excluding hydrogens is 364 g/mol. The summed E-state index contributed by atoms with van der Waals surface area (Å²) in [5.74, 6) is 0.0646. The first-order valence-electron chi connectivity index (χ1n) is 10.5. The van der Waals surface area contributed by atoms with Crippen LogP contribution in [0.3, 0.4) is 0 Å². The van der Waals surface area contributed by atoms with Gasteiger partial charge in [0, 0.05) is 5.56 Å². The van der Waals surface area contributed by atoms with Crippen molar-refractivity contribution in [1.82, 2.24) is 0 Å². The Balaban J connectivity index is 0.00000124. The fraction of sp³-hybridized carbons (Fsp3) is 0.138. The molecule has 30 heavy (non-hydrogen) atoms. The van der Waals surface area contributed by atoms with Crippen molar-refractivity contribution in [3.8, 4) is 0 Å². The van der Waals surface area contributed by atoms with Crippen LogP contribution in [0.4, 0.5) is 0 Å². The zero-order valence-corrected chi connectivity index (χ0v) is 18.1. The molecule has 3 aromatic carbocycles. The molecule has 0 heterocycles. The molecule has 1 nitrogen and oxygen atoms in total. The molecule has 0 bridgehead atoms. The van der Waals surface area contributed by atoms with Crippen molar-refractivity contribution in [3.63, 3.8) is 0 Å². The van der Waals surface area contributed by atoms with Crippen molar-refractivity contribution in [1.29, 1.82) is 0 Å². The Labute approximate surface area is 180 Å². The molecule has 0 unspecified atom stereocenters. The number of hydrogen-bond acceptors (Lipinski definition) is 1. The van der Waals surface area contributed by atoms with E-state index in [2.05, 4.69) is 74.5 Å². The van der Waals surface area contributed by atoms with Crippen molar-refractivity contribution >= 4 is 16.9 Å². The minimum atomic E-state index is 0.0646. The highest BCUT2D eigenvalue weighted by Gasteiger charge is 2.15. The predicted molar refractivity (Wildman–Crippen MR) is 129 cm³/mol. The van der Waals surface area contributed by atoms with Crippen molar-refractivity contribution in [2.24, 2.45) is 0 Å². The average molecular weight is 393 g/mol. The third kappa shape index (κ3) is 4.41. The Hall–Kier alpha value is -3.45. The van der Waals surface area contributed by atoms with E-state index in [0.29, 0.717) is 0 Å². The van der Waals surface area contributed by atoms with E-state index in [1.165, 1.54) is 27.8 Å². The van der Waals surface area contributed by atoms with Crippen molar-refractivity contribution in [3.05, 3.63) is 130 Å².